The molecule has 1 fully saturated rings. The minimum absolute atomic E-state index is 0.779. The van der Waals surface area contributed by atoms with E-state index in [2.05, 4.69) is 13.8 Å². The fourth-order valence-corrected chi connectivity index (χ4v) is 3.30. The van der Waals surface area contributed by atoms with E-state index < -0.39 is 14.5 Å². The molecule has 0 saturated carbocycles. The van der Waals surface area contributed by atoms with E-state index in [0.29, 0.717) is 0 Å². The van der Waals surface area contributed by atoms with Gasteiger partial charge in [-0.15, -0.1) is 0 Å². The quantitative estimate of drug-likeness (QED) is 0.635. The van der Waals surface area contributed by atoms with Gasteiger partial charge in [0.25, 0.3) is 0 Å². The van der Waals surface area contributed by atoms with Crippen molar-refractivity contribution in [1.82, 2.24) is 0 Å². The number of hydrogen-bond acceptors (Lipinski definition) is 2. The Balaban J connectivity index is 2.09. The second-order valence-corrected chi connectivity index (χ2v) is 7.04. The standard InChI is InChI=1S/C6H11O2.2C2H5.Al/c7-5-6-1-3-8-4-2-6;2*1-2;/h6H,1-5H2;2*1H2,2H3;/q-1;;;+1. The summed E-state index contributed by atoms with van der Waals surface area (Å²) in [6.07, 6.45) is 2.41. The molecule has 0 unspecified atom stereocenters. The maximum atomic E-state index is 5.96. The van der Waals surface area contributed by atoms with Crippen LogP contribution >= 0.6 is 0 Å². The first kappa shape index (κ1) is 11.5. The highest BCUT2D eigenvalue weighted by atomic mass is 27.2. The van der Waals surface area contributed by atoms with Crippen LogP contribution in [0.2, 0.25) is 10.6 Å². The van der Waals surface area contributed by atoms with Crippen molar-refractivity contribution in [3.05, 3.63) is 0 Å². The molecule has 0 aliphatic carbocycles. The molecule has 0 amide bonds. The maximum absolute atomic E-state index is 5.96. The minimum Gasteiger partial charge on any atom is -0.500 e. The number of ether oxygens (including phenoxy) is 1. The topological polar surface area (TPSA) is 18.5 Å². The van der Waals surface area contributed by atoms with Gasteiger partial charge in [-0.3, -0.25) is 0 Å². The molecule has 1 saturated heterocycles. The van der Waals surface area contributed by atoms with Crippen molar-refractivity contribution in [2.24, 2.45) is 5.92 Å². The summed E-state index contributed by atoms with van der Waals surface area (Å²) in [6.45, 7) is 7.40. The van der Waals surface area contributed by atoms with Crippen LogP contribution in [0.1, 0.15) is 26.7 Å². The zero-order valence-electron chi connectivity index (χ0n) is 8.92. The highest BCUT2D eigenvalue weighted by molar-refractivity contribution is 6.51. The largest absolute Gasteiger partial charge is 0.500 e. The van der Waals surface area contributed by atoms with Crippen LogP contribution in [0.5, 0.6) is 0 Å². The molecule has 2 nitrogen and oxygen atoms in total. The van der Waals surface area contributed by atoms with Gasteiger partial charge in [-0.05, 0) is 18.8 Å². The van der Waals surface area contributed by atoms with E-state index in [4.69, 9.17) is 8.53 Å². The Kier molecular flexibility index (Phi) is 6.06. The summed E-state index contributed by atoms with van der Waals surface area (Å²) in [4.78, 5) is 0. The predicted octanol–water partition coefficient (Wildman–Crippen LogP) is 2.46. The molecular weight excluding hydrogens is 179 g/mol. The first-order valence-electron chi connectivity index (χ1n) is 5.56. The number of rotatable bonds is 5. The van der Waals surface area contributed by atoms with Crippen LogP contribution in [0.15, 0.2) is 0 Å². The van der Waals surface area contributed by atoms with Gasteiger partial charge in [0.05, 0.1) is 0 Å². The zero-order chi connectivity index (χ0) is 9.52. The summed E-state index contributed by atoms with van der Waals surface area (Å²) in [5.74, 6) is 0.779. The Hall–Kier alpha value is 0.452. The lowest BCUT2D eigenvalue weighted by Crippen LogP contribution is -2.25. The smallest absolute Gasteiger partial charge is 0.460 e. The molecule has 0 radical (unpaired) electrons. The van der Waals surface area contributed by atoms with E-state index in [0.717, 1.165) is 25.7 Å². The molecule has 0 aromatic carbocycles. The van der Waals surface area contributed by atoms with Crippen molar-refractivity contribution in [3.63, 3.8) is 0 Å². The SMILES string of the molecule is C[CH2][Al]([CH2]C)[O]CC1CCOCC1. The maximum Gasteiger partial charge on any atom is 0.460 e. The Morgan fingerprint density at radius 3 is 2.38 bits per heavy atom. The summed E-state index contributed by atoms with van der Waals surface area (Å²) in [6, 6.07) is 0. The number of hydrogen-bond donors (Lipinski definition) is 0. The monoisotopic (exact) mass is 200 g/mol. The van der Waals surface area contributed by atoms with E-state index in [9.17, 15) is 0 Å². The molecule has 0 N–H and O–H groups in total. The van der Waals surface area contributed by atoms with Gasteiger partial charge in [-0.2, -0.15) is 0 Å². The van der Waals surface area contributed by atoms with Crippen LogP contribution < -0.4 is 0 Å². The molecule has 1 aliphatic rings. The minimum atomic E-state index is -0.804. The zero-order valence-corrected chi connectivity index (χ0v) is 10.1. The van der Waals surface area contributed by atoms with Crippen molar-refractivity contribution in [2.45, 2.75) is 37.3 Å². The summed E-state index contributed by atoms with van der Waals surface area (Å²) in [5.41, 5.74) is 0. The molecule has 1 heterocycles. The molecule has 0 spiro atoms. The lowest BCUT2D eigenvalue weighted by molar-refractivity contribution is 0.0492. The third kappa shape index (κ3) is 4.47. The van der Waals surface area contributed by atoms with Crippen LogP contribution in [0.4, 0.5) is 0 Å². The van der Waals surface area contributed by atoms with Crippen LogP contribution in [0.25, 0.3) is 0 Å². The summed E-state index contributed by atoms with van der Waals surface area (Å²) >= 11 is -0.804. The van der Waals surface area contributed by atoms with Crippen LogP contribution in [-0.4, -0.2) is 34.3 Å². The fraction of sp³-hybridized carbons (Fsp3) is 1.00. The highest BCUT2D eigenvalue weighted by Crippen LogP contribution is 2.15. The first-order chi connectivity index (χ1) is 6.36. The lowest BCUT2D eigenvalue weighted by atomic mass is 10.0. The average molecular weight is 200 g/mol. The normalized spacial score (nSPS) is 18.9. The third-order valence-electron chi connectivity index (χ3n) is 2.82. The van der Waals surface area contributed by atoms with Crippen molar-refractivity contribution in [1.29, 1.82) is 0 Å². The first-order valence-corrected chi connectivity index (χ1v) is 7.66. The van der Waals surface area contributed by atoms with Crippen LogP contribution in [0.3, 0.4) is 0 Å². The molecular formula is C10H21AlO2. The van der Waals surface area contributed by atoms with Gasteiger partial charge in [0.2, 0.25) is 0 Å². The van der Waals surface area contributed by atoms with Crippen molar-refractivity contribution in [3.8, 4) is 0 Å². The summed E-state index contributed by atoms with van der Waals surface area (Å²) < 4.78 is 11.3. The summed E-state index contributed by atoms with van der Waals surface area (Å²) in [7, 11) is 0. The Morgan fingerprint density at radius 1 is 1.23 bits per heavy atom. The Labute approximate surface area is 86.3 Å². The molecule has 76 valence electrons. The summed E-state index contributed by atoms with van der Waals surface area (Å²) in [5, 5.41) is 2.56. The molecule has 1 aliphatic heterocycles. The van der Waals surface area contributed by atoms with Gasteiger partial charge in [-0.1, -0.05) is 24.4 Å². The fourth-order valence-electron chi connectivity index (χ4n) is 1.71. The predicted molar refractivity (Wildman–Crippen MR) is 56.2 cm³/mol. The second kappa shape index (κ2) is 6.84. The van der Waals surface area contributed by atoms with E-state index in [-0.39, 0.29) is 0 Å². The van der Waals surface area contributed by atoms with E-state index in [1.807, 2.05) is 0 Å². The van der Waals surface area contributed by atoms with Gasteiger partial charge in [0.15, 0.2) is 0 Å². The van der Waals surface area contributed by atoms with Crippen LogP contribution in [-0.2, 0) is 8.53 Å². The molecule has 3 heteroatoms. The van der Waals surface area contributed by atoms with E-state index >= 15 is 0 Å². The average Bonchev–Trinajstić information content (AvgIpc) is 2.21. The van der Waals surface area contributed by atoms with Crippen molar-refractivity contribution < 1.29 is 8.53 Å². The molecule has 0 aromatic rings. The van der Waals surface area contributed by atoms with E-state index in [1.165, 1.54) is 23.4 Å². The second-order valence-electron chi connectivity index (χ2n) is 3.83. The third-order valence-corrected chi connectivity index (χ3v) is 5.30. The Bertz CT molecular complexity index is 120. The van der Waals surface area contributed by atoms with Crippen molar-refractivity contribution >= 4 is 14.5 Å². The molecule has 13 heavy (non-hydrogen) atoms. The lowest BCUT2D eigenvalue weighted by Gasteiger charge is -2.23. The molecule has 0 bridgehead atoms. The van der Waals surface area contributed by atoms with Gasteiger partial charge in [0.1, 0.15) is 0 Å². The van der Waals surface area contributed by atoms with Crippen LogP contribution in [0, 0.1) is 5.92 Å². The van der Waals surface area contributed by atoms with Gasteiger partial charge in [0, 0.05) is 19.8 Å². The van der Waals surface area contributed by atoms with E-state index in [1.54, 1.807) is 0 Å². The molecule has 0 aromatic heterocycles. The Morgan fingerprint density at radius 2 is 1.85 bits per heavy atom. The molecule has 0 atom stereocenters. The highest BCUT2D eigenvalue weighted by Gasteiger charge is 2.19. The van der Waals surface area contributed by atoms with Gasteiger partial charge < -0.3 is 8.53 Å². The van der Waals surface area contributed by atoms with Crippen molar-refractivity contribution in [2.75, 3.05) is 19.8 Å². The molecule has 1 rings (SSSR count). The van der Waals surface area contributed by atoms with Gasteiger partial charge in [-0.25, -0.2) is 0 Å². The van der Waals surface area contributed by atoms with Gasteiger partial charge >= 0.3 is 14.5 Å².